The first-order valence-electron chi connectivity index (χ1n) is 7.03. The minimum atomic E-state index is 0.725. The van der Waals surface area contributed by atoms with E-state index in [2.05, 4.69) is 32.8 Å². The normalized spacial score (nSPS) is 11.4. The zero-order valence-corrected chi connectivity index (χ0v) is 13.4. The van der Waals surface area contributed by atoms with Gasteiger partial charge in [0.25, 0.3) is 0 Å². The van der Waals surface area contributed by atoms with Crippen LogP contribution in [0.25, 0.3) is 21.3 Å². The number of hydrogen-bond acceptors (Lipinski definition) is 4. The Morgan fingerprint density at radius 1 is 1.14 bits per heavy atom. The Morgan fingerprint density at radius 3 is 2.86 bits per heavy atom. The number of benzene rings is 2. The van der Waals surface area contributed by atoms with Gasteiger partial charge in [-0.05, 0) is 37.3 Å². The van der Waals surface area contributed by atoms with Gasteiger partial charge < -0.3 is 9.88 Å². The lowest BCUT2D eigenvalue weighted by molar-refractivity contribution is 0.797. The fourth-order valence-electron chi connectivity index (χ4n) is 2.54. The molecule has 4 nitrogen and oxygen atoms in total. The fourth-order valence-corrected chi connectivity index (χ4v) is 3.67. The van der Waals surface area contributed by atoms with Gasteiger partial charge in [0.15, 0.2) is 5.13 Å². The average molecular weight is 329 g/mol. The van der Waals surface area contributed by atoms with E-state index in [-0.39, 0.29) is 0 Å². The highest BCUT2D eigenvalue weighted by Crippen LogP contribution is 2.31. The minimum Gasteiger partial charge on any atom is -0.310 e. The summed E-state index contributed by atoms with van der Waals surface area (Å²) in [5, 5.41) is 4.88. The molecule has 0 bridgehead atoms. The van der Waals surface area contributed by atoms with E-state index in [0.29, 0.717) is 0 Å². The lowest BCUT2D eigenvalue weighted by atomic mass is 10.3. The maximum atomic E-state index is 6.03. The van der Waals surface area contributed by atoms with Crippen LogP contribution in [0.3, 0.4) is 0 Å². The molecule has 2 aromatic heterocycles. The Labute approximate surface area is 136 Å². The highest BCUT2D eigenvalue weighted by atomic mass is 35.5. The highest BCUT2D eigenvalue weighted by molar-refractivity contribution is 7.22. The molecule has 0 fully saturated rings. The van der Waals surface area contributed by atoms with E-state index in [9.17, 15) is 0 Å². The molecule has 1 N–H and O–H groups in total. The summed E-state index contributed by atoms with van der Waals surface area (Å²) in [5.74, 6) is 0.814. The molecule has 22 heavy (non-hydrogen) atoms. The third kappa shape index (κ3) is 2.23. The van der Waals surface area contributed by atoms with E-state index in [1.165, 1.54) is 0 Å². The molecule has 0 saturated heterocycles. The van der Waals surface area contributed by atoms with Crippen LogP contribution in [0.4, 0.5) is 11.1 Å². The van der Waals surface area contributed by atoms with Crippen molar-refractivity contribution >= 4 is 55.3 Å². The van der Waals surface area contributed by atoms with Crippen molar-refractivity contribution in [2.45, 2.75) is 13.5 Å². The molecule has 4 rings (SSSR count). The standard InChI is InChI=1S/C16H13ClN4S/c1-2-21-13-6-4-3-5-11(13)18-15(21)20-16-19-12-8-7-10(17)9-14(12)22-16/h3-9H,2H2,1H3,(H,18,19,20). The number of nitrogens with one attached hydrogen (secondary N) is 1. The summed E-state index contributed by atoms with van der Waals surface area (Å²) in [6.45, 7) is 2.96. The van der Waals surface area contributed by atoms with Crippen LogP contribution in [0, 0.1) is 0 Å². The summed E-state index contributed by atoms with van der Waals surface area (Å²) in [6.07, 6.45) is 0. The van der Waals surface area contributed by atoms with Crippen molar-refractivity contribution in [3.8, 4) is 0 Å². The number of nitrogens with zero attached hydrogens (tertiary/aromatic N) is 3. The number of halogens is 1. The van der Waals surface area contributed by atoms with E-state index in [0.717, 1.165) is 43.9 Å². The van der Waals surface area contributed by atoms with Crippen molar-refractivity contribution < 1.29 is 0 Å². The summed E-state index contributed by atoms with van der Waals surface area (Å²) in [5.41, 5.74) is 3.05. The molecule has 2 aromatic carbocycles. The monoisotopic (exact) mass is 328 g/mol. The molecule has 0 radical (unpaired) electrons. The van der Waals surface area contributed by atoms with Gasteiger partial charge in [0.2, 0.25) is 5.95 Å². The second kappa shape index (κ2) is 5.26. The Hall–Kier alpha value is -2.11. The summed E-state index contributed by atoms with van der Waals surface area (Å²) < 4.78 is 3.21. The van der Waals surface area contributed by atoms with E-state index < -0.39 is 0 Å². The number of thiazole rings is 1. The second-order valence-electron chi connectivity index (χ2n) is 4.92. The SMILES string of the molecule is CCn1c(Nc2nc3ccc(Cl)cc3s2)nc2ccccc21. The zero-order valence-electron chi connectivity index (χ0n) is 11.9. The van der Waals surface area contributed by atoms with E-state index >= 15 is 0 Å². The molecule has 0 unspecified atom stereocenters. The van der Waals surface area contributed by atoms with Gasteiger partial charge in [0.05, 0.1) is 21.3 Å². The molecule has 110 valence electrons. The summed E-state index contributed by atoms with van der Waals surface area (Å²) in [4.78, 5) is 9.25. The molecule has 0 aliphatic carbocycles. The first-order chi connectivity index (χ1) is 10.7. The van der Waals surface area contributed by atoms with Crippen LogP contribution >= 0.6 is 22.9 Å². The molecule has 6 heteroatoms. The maximum absolute atomic E-state index is 6.03. The number of aromatic nitrogens is 3. The number of anilines is 2. The Kier molecular flexibility index (Phi) is 3.24. The number of para-hydroxylation sites is 2. The van der Waals surface area contributed by atoms with Crippen molar-refractivity contribution in [1.82, 2.24) is 14.5 Å². The van der Waals surface area contributed by atoms with Gasteiger partial charge in [-0.2, -0.15) is 0 Å². The van der Waals surface area contributed by atoms with E-state index in [1.807, 2.05) is 36.4 Å². The van der Waals surface area contributed by atoms with Crippen molar-refractivity contribution in [1.29, 1.82) is 0 Å². The molecule has 0 aliphatic rings. The summed E-state index contributed by atoms with van der Waals surface area (Å²) in [6, 6.07) is 13.8. The first-order valence-corrected chi connectivity index (χ1v) is 8.22. The first kappa shape index (κ1) is 13.5. The lowest BCUT2D eigenvalue weighted by Gasteiger charge is -2.05. The third-order valence-electron chi connectivity index (χ3n) is 3.54. The number of hydrogen-bond donors (Lipinski definition) is 1. The third-order valence-corrected chi connectivity index (χ3v) is 4.71. The number of rotatable bonds is 3. The predicted molar refractivity (Wildman–Crippen MR) is 93.3 cm³/mol. The minimum absolute atomic E-state index is 0.725. The number of imidazole rings is 1. The molecular weight excluding hydrogens is 316 g/mol. The molecule has 0 atom stereocenters. The molecule has 2 heterocycles. The molecule has 4 aromatic rings. The van der Waals surface area contributed by atoms with Crippen LogP contribution < -0.4 is 5.32 Å². The Balaban J connectivity index is 1.78. The average Bonchev–Trinajstić information content (AvgIpc) is 3.06. The van der Waals surface area contributed by atoms with E-state index in [1.54, 1.807) is 11.3 Å². The van der Waals surface area contributed by atoms with Crippen LogP contribution in [0.2, 0.25) is 5.02 Å². The summed E-state index contributed by atoms with van der Waals surface area (Å²) >= 11 is 7.61. The fraction of sp³-hybridized carbons (Fsp3) is 0.125. The summed E-state index contributed by atoms with van der Waals surface area (Å²) in [7, 11) is 0. The van der Waals surface area contributed by atoms with E-state index in [4.69, 9.17) is 11.6 Å². The quantitative estimate of drug-likeness (QED) is 0.571. The van der Waals surface area contributed by atoms with Crippen LogP contribution in [0.1, 0.15) is 6.92 Å². The van der Waals surface area contributed by atoms with Gasteiger partial charge in [-0.1, -0.05) is 35.1 Å². The van der Waals surface area contributed by atoms with Gasteiger partial charge >= 0.3 is 0 Å². The number of aryl methyl sites for hydroxylation is 1. The van der Waals surface area contributed by atoms with Crippen molar-refractivity contribution in [3.63, 3.8) is 0 Å². The Morgan fingerprint density at radius 2 is 2.00 bits per heavy atom. The van der Waals surface area contributed by atoms with Gasteiger partial charge in [0.1, 0.15) is 0 Å². The van der Waals surface area contributed by atoms with Crippen LogP contribution in [0.15, 0.2) is 42.5 Å². The molecule has 0 spiro atoms. The van der Waals surface area contributed by atoms with Gasteiger partial charge in [0, 0.05) is 11.6 Å². The Bertz CT molecular complexity index is 973. The number of fused-ring (bicyclic) bond motifs is 2. The molecule has 0 aliphatic heterocycles. The van der Waals surface area contributed by atoms with Gasteiger partial charge in [-0.3, -0.25) is 0 Å². The van der Waals surface area contributed by atoms with Gasteiger partial charge in [-0.15, -0.1) is 0 Å². The van der Waals surface area contributed by atoms with Crippen molar-refractivity contribution in [2.24, 2.45) is 0 Å². The highest BCUT2D eigenvalue weighted by Gasteiger charge is 2.11. The lowest BCUT2D eigenvalue weighted by Crippen LogP contribution is -2.01. The molecular formula is C16H13ClN4S. The molecule has 0 saturated carbocycles. The largest absolute Gasteiger partial charge is 0.310 e. The smallest absolute Gasteiger partial charge is 0.210 e. The van der Waals surface area contributed by atoms with Crippen molar-refractivity contribution in [3.05, 3.63) is 47.5 Å². The zero-order chi connectivity index (χ0) is 15.1. The van der Waals surface area contributed by atoms with Crippen LogP contribution in [-0.4, -0.2) is 14.5 Å². The van der Waals surface area contributed by atoms with Crippen LogP contribution in [0.5, 0.6) is 0 Å². The topological polar surface area (TPSA) is 42.7 Å². The van der Waals surface area contributed by atoms with Crippen molar-refractivity contribution in [2.75, 3.05) is 5.32 Å². The van der Waals surface area contributed by atoms with Gasteiger partial charge in [-0.25, -0.2) is 9.97 Å². The predicted octanol–water partition coefficient (Wildman–Crippen LogP) is 5.06. The second-order valence-corrected chi connectivity index (χ2v) is 6.39. The molecule has 0 amide bonds. The van der Waals surface area contributed by atoms with Crippen LogP contribution in [-0.2, 0) is 6.54 Å². The maximum Gasteiger partial charge on any atom is 0.210 e.